The van der Waals surface area contributed by atoms with Crippen LogP contribution in [0.25, 0.3) is 0 Å². The van der Waals surface area contributed by atoms with Crippen LogP contribution < -0.4 is 5.32 Å². The van der Waals surface area contributed by atoms with E-state index in [0.717, 1.165) is 70.6 Å². The lowest BCUT2D eigenvalue weighted by molar-refractivity contribution is -0.379. The summed E-state index contributed by atoms with van der Waals surface area (Å²) < 4.78 is 34.5. The van der Waals surface area contributed by atoms with Crippen LogP contribution in [0.3, 0.4) is 0 Å². The summed E-state index contributed by atoms with van der Waals surface area (Å²) in [5.74, 6) is -0.279. The van der Waals surface area contributed by atoms with Crippen molar-refractivity contribution in [3.63, 3.8) is 0 Å². The number of nitrogens with one attached hydrogen (secondary N) is 1. The minimum atomic E-state index is -1.98. The minimum absolute atomic E-state index is 0.237. The summed E-state index contributed by atoms with van der Waals surface area (Å²) in [6, 6.07) is -0.994. The van der Waals surface area contributed by atoms with Crippen LogP contribution in [0.2, 0.25) is 0 Å². The molecule has 0 aromatic carbocycles. The molecule has 3 heterocycles. The van der Waals surface area contributed by atoms with E-state index in [9.17, 15) is 61.0 Å². The average molecular weight is 1640 g/mol. The standard InChI is InChI=1S/C97H175NO18/c1-3-5-7-9-11-13-15-17-19-21-23-25-27-29-31-33-35-36-37-38-39-40-41-42-43-44-45-47-49-51-53-55-57-59-61-63-65-67-69-71-73-75-85(103)98-80(81(102)74-72-70-68-66-64-62-60-58-56-54-52-50-48-46-34-32-30-28-26-24-22-20-18-16-14-12-10-8-6-4-2)79-111-95-91(109)88(106)93(83(77-100)113-95)116-97-92(110)89(107)94(84(78-101)114-97)115-96-90(108)87(105)86(104)82(76-99)112-96/h5,7,11,13,17,19,23,25,29,31,64,66,72,74,80-84,86-97,99-102,104-110H,3-4,6,8-10,12,14-16,18,20-22,24,26-28,30,32-63,65,67-71,73,75-79H2,1-2H3,(H,98,103)/b7-5-,13-11-,19-17-,25-23-,31-29-,66-64+,74-72+. The Hall–Kier alpha value is -3.03. The Kier molecular flexibility index (Phi) is 69.9. The molecule has 0 radical (unpaired) electrons. The van der Waals surface area contributed by atoms with Gasteiger partial charge in [0, 0.05) is 6.42 Å². The molecule has 19 nitrogen and oxygen atoms in total. The third kappa shape index (κ3) is 53.1. The highest BCUT2D eigenvalue weighted by Gasteiger charge is 2.54. The summed E-state index contributed by atoms with van der Waals surface area (Å²) in [4.78, 5) is 13.5. The van der Waals surface area contributed by atoms with E-state index < -0.39 is 124 Å². The van der Waals surface area contributed by atoms with Gasteiger partial charge in [0.25, 0.3) is 0 Å². The van der Waals surface area contributed by atoms with E-state index in [4.69, 9.17) is 28.4 Å². The number of carbonyl (C=O) groups excluding carboxylic acids is 1. The van der Waals surface area contributed by atoms with Crippen LogP contribution in [0.1, 0.15) is 393 Å². The van der Waals surface area contributed by atoms with Crippen molar-refractivity contribution in [1.29, 1.82) is 0 Å². The number of carbonyl (C=O) groups is 1. The Balaban J connectivity index is 1.30. The summed E-state index contributed by atoms with van der Waals surface area (Å²) in [5, 5.41) is 121. The molecule has 3 saturated heterocycles. The van der Waals surface area contributed by atoms with Crippen molar-refractivity contribution in [2.24, 2.45) is 0 Å². The second-order valence-electron chi connectivity index (χ2n) is 33.8. The molecule has 3 aliphatic heterocycles. The van der Waals surface area contributed by atoms with Crippen molar-refractivity contribution in [1.82, 2.24) is 5.32 Å². The lowest BCUT2D eigenvalue weighted by Crippen LogP contribution is -2.66. The molecule has 676 valence electrons. The van der Waals surface area contributed by atoms with Crippen LogP contribution in [0.4, 0.5) is 0 Å². The van der Waals surface area contributed by atoms with E-state index in [1.807, 2.05) is 6.08 Å². The largest absolute Gasteiger partial charge is 0.394 e. The van der Waals surface area contributed by atoms with Crippen molar-refractivity contribution in [3.05, 3.63) is 85.1 Å². The maximum absolute atomic E-state index is 13.5. The summed E-state index contributed by atoms with van der Waals surface area (Å²) in [6.45, 7) is 1.66. The first-order valence-electron chi connectivity index (χ1n) is 47.8. The van der Waals surface area contributed by atoms with E-state index >= 15 is 0 Å². The number of unbranched alkanes of at least 4 members (excludes halogenated alkanes) is 50. The Morgan fingerprint density at radius 1 is 0.319 bits per heavy atom. The summed E-state index contributed by atoms with van der Waals surface area (Å²) in [7, 11) is 0. The molecule has 0 aliphatic carbocycles. The number of ether oxygens (including phenoxy) is 6. The predicted molar refractivity (Wildman–Crippen MR) is 471 cm³/mol. The highest BCUT2D eigenvalue weighted by Crippen LogP contribution is 2.34. The van der Waals surface area contributed by atoms with Crippen LogP contribution in [0, 0.1) is 0 Å². The summed E-state index contributed by atoms with van der Waals surface area (Å²) >= 11 is 0. The van der Waals surface area contributed by atoms with Gasteiger partial charge in [-0.25, -0.2) is 0 Å². The van der Waals surface area contributed by atoms with Gasteiger partial charge in [-0.15, -0.1) is 0 Å². The molecule has 3 fully saturated rings. The monoisotopic (exact) mass is 1640 g/mol. The van der Waals surface area contributed by atoms with Gasteiger partial charge in [0.15, 0.2) is 18.9 Å². The molecule has 0 aromatic heterocycles. The van der Waals surface area contributed by atoms with E-state index in [1.165, 1.54) is 289 Å². The SMILES string of the molecule is CC/C=C\C/C=C\C/C=C\C/C=C\C/C=C\CCCCCCCCCCCCCCCCCCCCCCCCCCCC(=O)NC(COC1OC(CO)C(OC2OC(CO)C(OC3OC(CO)C(O)C(O)C3O)C(O)C2O)C(O)C1O)C(O)/C=C/CC/C=C/CCCCCCCCCCCCCCCCCCCCCCCCCC. The van der Waals surface area contributed by atoms with Gasteiger partial charge in [0.05, 0.1) is 38.6 Å². The molecule has 0 spiro atoms. The third-order valence-electron chi connectivity index (χ3n) is 23.4. The summed E-state index contributed by atoms with van der Waals surface area (Å²) in [5.41, 5.74) is 0. The van der Waals surface area contributed by atoms with Gasteiger partial charge in [-0.1, -0.05) is 394 Å². The zero-order valence-corrected chi connectivity index (χ0v) is 73.2. The van der Waals surface area contributed by atoms with Crippen molar-refractivity contribution in [2.45, 2.75) is 497 Å². The Bertz CT molecular complexity index is 2420. The zero-order chi connectivity index (χ0) is 83.8. The molecule has 12 N–H and O–H groups in total. The molecule has 3 rings (SSSR count). The first-order chi connectivity index (χ1) is 56.8. The quantitative estimate of drug-likeness (QED) is 0.0199. The van der Waals surface area contributed by atoms with E-state index in [-0.39, 0.29) is 18.9 Å². The lowest BCUT2D eigenvalue weighted by atomic mass is 9.96. The molecule has 17 unspecified atom stereocenters. The predicted octanol–water partition coefficient (Wildman–Crippen LogP) is 19.2. The smallest absolute Gasteiger partial charge is 0.220 e. The van der Waals surface area contributed by atoms with Crippen LogP contribution in [0.5, 0.6) is 0 Å². The number of amides is 1. The average Bonchev–Trinajstić information content (AvgIpc) is 0.783. The van der Waals surface area contributed by atoms with E-state index in [1.54, 1.807) is 6.08 Å². The fraction of sp³-hybridized carbons (Fsp3) is 0.845. The van der Waals surface area contributed by atoms with Crippen molar-refractivity contribution >= 4 is 5.91 Å². The first kappa shape index (κ1) is 107. The van der Waals surface area contributed by atoms with Gasteiger partial charge in [0.2, 0.25) is 5.91 Å². The van der Waals surface area contributed by atoms with Crippen LogP contribution in [-0.4, -0.2) is 193 Å². The molecule has 3 aliphatic rings. The maximum atomic E-state index is 13.5. The highest BCUT2D eigenvalue weighted by atomic mass is 16.8. The number of rotatable bonds is 78. The third-order valence-corrected chi connectivity index (χ3v) is 23.4. The Morgan fingerprint density at radius 3 is 0.966 bits per heavy atom. The molecule has 17 atom stereocenters. The Labute approximate surface area is 705 Å². The van der Waals surface area contributed by atoms with Crippen molar-refractivity contribution < 1.29 is 89.4 Å². The fourth-order valence-corrected chi connectivity index (χ4v) is 15.9. The number of hydrogen-bond acceptors (Lipinski definition) is 18. The molecule has 0 aromatic rings. The van der Waals surface area contributed by atoms with Crippen molar-refractivity contribution in [2.75, 3.05) is 26.4 Å². The number of aliphatic hydroxyl groups is 11. The van der Waals surface area contributed by atoms with Gasteiger partial charge >= 0.3 is 0 Å². The lowest BCUT2D eigenvalue weighted by Gasteiger charge is -2.48. The molecule has 116 heavy (non-hydrogen) atoms. The fourth-order valence-electron chi connectivity index (χ4n) is 15.9. The van der Waals surface area contributed by atoms with Gasteiger partial charge in [-0.2, -0.15) is 0 Å². The van der Waals surface area contributed by atoms with E-state index in [2.05, 4.69) is 92.1 Å². The van der Waals surface area contributed by atoms with Crippen LogP contribution in [0.15, 0.2) is 85.1 Å². The normalized spacial score (nSPS) is 24.9. The maximum Gasteiger partial charge on any atom is 0.220 e. The number of allylic oxidation sites excluding steroid dienone is 13. The molecular weight excluding hydrogens is 1470 g/mol. The minimum Gasteiger partial charge on any atom is -0.394 e. The van der Waals surface area contributed by atoms with E-state index in [0.29, 0.717) is 12.8 Å². The number of aliphatic hydroxyl groups excluding tert-OH is 11. The molecule has 0 bridgehead atoms. The zero-order valence-electron chi connectivity index (χ0n) is 73.2. The van der Waals surface area contributed by atoms with Gasteiger partial charge < -0.3 is 89.9 Å². The number of hydrogen-bond donors (Lipinski definition) is 12. The van der Waals surface area contributed by atoms with Crippen LogP contribution >= 0.6 is 0 Å². The van der Waals surface area contributed by atoms with Crippen LogP contribution in [-0.2, 0) is 33.2 Å². The second-order valence-corrected chi connectivity index (χ2v) is 33.8. The molecular formula is C97H175NO18. The first-order valence-corrected chi connectivity index (χ1v) is 47.8. The van der Waals surface area contributed by atoms with Gasteiger partial charge in [-0.05, 0) is 77.0 Å². The summed E-state index contributed by atoms with van der Waals surface area (Å²) in [6.07, 6.45) is 77.6. The van der Waals surface area contributed by atoms with Gasteiger partial charge in [-0.3, -0.25) is 4.79 Å². The van der Waals surface area contributed by atoms with Gasteiger partial charge in [0.1, 0.15) is 73.2 Å². The highest BCUT2D eigenvalue weighted by molar-refractivity contribution is 5.76. The molecule has 19 heteroatoms. The molecule has 1 amide bonds. The Morgan fingerprint density at radius 2 is 0.603 bits per heavy atom. The second kappa shape index (κ2) is 75.7. The topological polar surface area (TPSA) is 307 Å². The molecule has 0 saturated carbocycles. The van der Waals surface area contributed by atoms with Crippen molar-refractivity contribution in [3.8, 4) is 0 Å².